The summed E-state index contributed by atoms with van der Waals surface area (Å²) in [5.74, 6) is 1.13. The summed E-state index contributed by atoms with van der Waals surface area (Å²) in [4.78, 5) is 7.79. The summed E-state index contributed by atoms with van der Waals surface area (Å²) in [6.45, 7) is 4.34. The average molecular weight is 478 g/mol. The molecule has 7 rings (SSSR count). The van der Waals surface area contributed by atoms with Crippen molar-refractivity contribution < 1.29 is 0 Å². The average Bonchev–Trinajstić information content (AvgIpc) is 3.46. The molecule has 1 aliphatic rings. The van der Waals surface area contributed by atoms with Crippen LogP contribution in [0.2, 0.25) is 0 Å². The molecule has 0 fully saturated rings. The van der Waals surface area contributed by atoms with Crippen molar-refractivity contribution in [2.45, 2.75) is 19.9 Å². The minimum absolute atomic E-state index is 0.141. The predicted molar refractivity (Wildman–Crippen MR) is 156 cm³/mol. The van der Waals surface area contributed by atoms with E-state index in [0.717, 1.165) is 22.8 Å². The SMILES string of the molecule is C/C=C\C=C1\c2nc3c4ccccc4c4ccccc4n3c2N(c2cccc(-c3ccccc3)c2)C1C. The molecule has 0 amide bonds. The first kappa shape index (κ1) is 21.6. The maximum atomic E-state index is 5.33. The lowest BCUT2D eigenvalue weighted by Crippen LogP contribution is -2.25. The van der Waals surface area contributed by atoms with Crippen LogP contribution in [0.15, 0.2) is 121 Å². The van der Waals surface area contributed by atoms with Gasteiger partial charge in [-0.25, -0.2) is 4.98 Å². The van der Waals surface area contributed by atoms with Crippen LogP contribution < -0.4 is 4.90 Å². The van der Waals surface area contributed by atoms with Gasteiger partial charge in [0.2, 0.25) is 0 Å². The predicted octanol–water partition coefficient (Wildman–Crippen LogP) is 8.81. The molecule has 0 saturated carbocycles. The Balaban J connectivity index is 1.57. The van der Waals surface area contributed by atoms with E-state index in [1.807, 2.05) is 0 Å². The molecule has 0 bridgehead atoms. The van der Waals surface area contributed by atoms with Crippen molar-refractivity contribution in [2.75, 3.05) is 4.90 Å². The van der Waals surface area contributed by atoms with E-state index in [1.54, 1.807) is 0 Å². The van der Waals surface area contributed by atoms with Gasteiger partial charge < -0.3 is 4.90 Å². The van der Waals surface area contributed by atoms with Crippen LogP contribution in [0, 0.1) is 0 Å². The van der Waals surface area contributed by atoms with Crippen LogP contribution in [0.1, 0.15) is 19.5 Å². The van der Waals surface area contributed by atoms with Crippen LogP contribution >= 0.6 is 0 Å². The number of pyridine rings is 1. The first-order valence-electron chi connectivity index (χ1n) is 12.9. The first-order chi connectivity index (χ1) is 18.3. The summed E-state index contributed by atoms with van der Waals surface area (Å²) in [7, 11) is 0. The molecule has 1 aliphatic heterocycles. The fourth-order valence-electron chi connectivity index (χ4n) is 5.80. The quantitative estimate of drug-likeness (QED) is 0.237. The highest BCUT2D eigenvalue weighted by molar-refractivity contribution is 6.13. The van der Waals surface area contributed by atoms with E-state index in [9.17, 15) is 0 Å². The van der Waals surface area contributed by atoms with Crippen molar-refractivity contribution >= 4 is 44.4 Å². The minimum atomic E-state index is 0.141. The van der Waals surface area contributed by atoms with Crippen LogP contribution in [0.4, 0.5) is 11.5 Å². The summed E-state index contributed by atoms with van der Waals surface area (Å²) in [5, 5.41) is 3.65. The van der Waals surface area contributed by atoms with Gasteiger partial charge in [0.05, 0.1) is 11.6 Å². The molecule has 0 spiro atoms. The third kappa shape index (κ3) is 3.24. The van der Waals surface area contributed by atoms with Crippen LogP contribution in [0.5, 0.6) is 0 Å². The van der Waals surface area contributed by atoms with Crippen molar-refractivity contribution in [1.82, 2.24) is 9.38 Å². The molecule has 0 radical (unpaired) electrons. The number of fused-ring (bicyclic) bond motifs is 8. The third-order valence-corrected chi connectivity index (χ3v) is 7.49. The highest BCUT2D eigenvalue weighted by Gasteiger charge is 2.37. The lowest BCUT2D eigenvalue weighted by atomic mass is 10.0. The summed E-state index contributed by atoms with van der Waals surface area (Å²) in [6.07, 6.45) is 6.43. The second-order valence-electron chi connectivity index (χ2n) is 9.62. The number of allylic oxidation sites excluding steroid dienone is 3. The largest absolute Gasteiger partial charge is 0.318 e. The Bertz CT molecular complexity index is 1860. The maximum absolute atomic E-state index is 5.33. The Morgan fingerprint density at radius 1 is 0.730 bits per heavy atom. The number of hydrogen-bond acceptors (Lipinski definition) is 2. The summed E-state index contributed by atoms with van der Waals surface area (Å²) >= 11 is 0. The Kier molecular flexibility index (Phi) is 4.97. The van der Waals surface area contributed by atoms with E-state index in [0.29, 0.717) is 0 Å². The third-order valence-electron chi connectivity index (χ3n) is 7.49. The van der Waals surface area contributed by atoms with Gasteiger partial charge in [0.1, 0.15) is 17.2 Å². The number of benzene rings is 4. The number of hydrogen-bond donors (Lipinski definition) is 0. The molecule has 0 N–H and O–H groups in total. The molecule has 2 aromatic heterocycles. The molecular formula is C34H27N3. The fourth-order valence-corrected chi connectivity index (χ4v) is 5.80. The Labute approximate surface area is 216 Å². The van der Waals surface area contributed by atoms with E-state index in [-0.39, 0.29) is 6.04 Å². The van der Waals surface area contributed by atoms with Gasteiger partial charge in [-0.2, -0.15) is 0 Å². The number of para-hydroxylation sites is 1. The first-order valence-corrected chi connectivity index (χ1v) is 12.9. The van der Waals surface area contributed by atoms with Gasteiger partial charge >= 0.3 is 0 Å². The van der Waals surface area contributed by atoms with Crippen LogP contribution in [0.3, 0.4) is 0 Å². The van der Waals surface area contributed by atoms with Gasteiger partial charge in [-0.3, -0.25) is 4.40 Å². The van der Waals surface area contributed by atoms with Crippen molar-refractivity contribution in [2.24, 2.45) is 0 Å². The van der Waals surface area contributed by atoms with Crippen LogP contribution in [0.25, 0.3) is 44.0 Å². The normalized spacial score (nSPS) is 16.5. The number of nitrogens with zero attached hydrogens (tertiary/aromatic N) is 3. The lowest BCUT2D eigenvalue weighted by Gasteiger charge is -2.26. The number of aromatic nitrogens is 2. The number of rotatable bonds is 3. The van der Waals surface area contributed by atoms with E-state index < -0.39 is 0 Å². The highest BCUT2D eigenvalue weighted by atomic mass is 15.3. The van der Waals surface area contributed by atoms with E-state index in [2.05, 4.69) is 145 Å². The smallest absolute Gasteiger partial charge is 0.147 e. The van der Waals surface area contributed by atoms with Crippen LogP contribution in [-0.4, -0.2) is 15.4 Å². The zero-order valence-corrected chi connectivity index (χ0v) is 21.0. The number of anilines is 2. The molecule has 4 aromatic carbocycles. The van der Waals surface area contributed by atoms with Gasteiger partial charge in [0.15, 0.2) is 0 Å². The maximum Gasteiger partial charge on any atom is 0.147 e. The zero-order chi connectivity index (χ0) is 24.9. The minimum Gasteiger partial charge on any atom is -0.318 e. The van der Waals surface area contributed by atoms with E-state index in [4.69, 9.17) is 4.98 Å². The van der Waals surface area contributed by atoms with E-state index >= 15 is 0 Å². The second kappa shape index (κ2) is 8.49. The summed E-state index contributed by atoms with van der Waals surface area (Å²) in [5.41, 5.74) is 8.05. The highest BCUT2D eigenvalue weighted by Crippen LogP contribution is 2.47. The number of imidazole rings is 1. The Morgan fingerprint density at radius 3 is 2.24 bits per heavy atom. The van der Waals surface area contributed by atoms with Gasteiger partial charge in [0, 0.05) is 22.0 Å². The van der Waals surface area contributed by atoms with Gasteiger partial charge in [0.25, 0.3) is 0 Å². The molecule has 178 valence electrons. The Morgan fingerprint density at radius 2 is 1.43 bits per heavy atom. The van der Waals surface area contributed by atoms with Gasteiger partial charge in [-0.05, 0) is 48.6 Å². The molecule has 0 saturated heterocycles. The topological polar surface area (TPSA) is 20.5 Å². The zero-order valence-electron chi connectivity index (χ0n) is 21.0. The molecule has 37 heavy (non-hydrogen) atoms. The lowest BCUT2D eigenvalue weighted by molar-refractivity contribution is 0.894. The molecule has 6 aromatic rings. The van der Waals surface area contributed by atoms with Crippen molar-refractivity contribution in [3.8, 4) is 11.1 Å². The molecule has 3 nitrogen and oxygen atoms in total. The van der Waals surface area contributed by atoms with Crippen LogP contribution in [-0.2, 0) is 0 Å². The molecule has 3 heteroatoms. The van der Waals surface area contributed by atoms with E-state index in [1.165, 1.54) is 38.4 Å². The van der Waals surface area contributed by atoms with Crippen molar-refractivity contribution in [3.05, 3.63) is 127 Å². The Hall–Kier alpha value is -4.63. The van der Waals surface area contributed by atoms with Crippen molar-refractivity contribution in [1.29, 1.82) is 0 Å². The van der Waals surface area contributed by atoms with Crippen molar-refractivity contribution in [3.63, 3.8) is 0 Å². The molecule has 0 aliphatic carbocycles. The standard InChI is InChI=1S/C34H27N3/c1-3-4-17-27-23(2)36(26-16-12-15-25(22-26)24-13-6-5-7-14-24)34-32(27)35-33-30-20-9-8-18-28(30)29-19-10-11-21-31(29)37(33)34/h3-23H,1-2H3/b4-3-,27-17+. The van der Waals surface area contributed by atoms with Gasteiger partial charge in [-0.1, -0.05) is 103 Å². The monoisotopic (exact) mass is 477 g/mol. The van der Waals surface area contributed by atoms with Gasteiger partial charge in [-0.15, -0.1) is 0 Å². The summed E-state index contributed by atoms with van der Waals surface area (Å²) in [6, 6.07) is 36.9. The molecule has 1 unspecified atom stereocenters. The molecular weight excluding hydrogens is 450 g/mol. The summed E-state index contributed by atoms with van der Waals surface area (Å²) < 4.78 is 2.37. The fraction of sp³-hybridized carbons (Fsp3) is 0.0882. The molecule has 1 atom stereocenters. The molecule has 3 heterocycles. The second-order valence-corrected chi connectivity index (χ2v) is 9.62.